The van der Waals surface area contributed by atoms with E-state index in [1.165, 1.54) is 4.88 Å². The van der Waals surface area contributed by atoms with Crippen molar-refractivity contribution in [2.45, 2.75) is 38.5 Å². The summed E-state index contributed by atoms with van der Waals surface area (Å²) in [5.41, 5.74) is 0. The Morgan fingerprint density at radius 2 is 1.90 bits per heavy atom. The van der Waals surface area contributed by atoms with E-state index < -0.39 is 10.2 Å². The Morgan fingerprint density at radius 3 is 2.55 bits per heavy atom. The van der Waals surface area contributed by atoms with Gasteiger partial charge in [-0.3, -0.25) is 0 Å². The molecule has 3 heterocycles. The van der Waals surface area contributed by atoms with Crippen LogP contribution in [0.5, 0.6) is 0 Å². The summed E-state index contributed by atoms with van der Waals surface area (Å²) >= 11 is 1.69. The van der Waals surface area contributed by atoms with Gasteiger partial charge in [-0.2, -0.15) is 17.0 Å². The highest BCUT2D eigenvalue weighted by molar-refractivity contribution is 7.86. The third kappa shape index (κ3) is 2.77. The topological polar surface area (TPSA) is 53.5 Å². The maximum Gasteiger partial charge on any atom is 0.281 e. The molecular formula is C13H21N3O2S2. The summed E-state index contributed by atoms with van der Waals surface area (Å²) in [6.07, 6.45) is 5.83. The van der Waals surface area contributed by atoms with Gasteiger partial charge in [-0.15, -0.1) is 11.3 Å². The fraction of sp³-hybridized carbons (Fsp3) is 0.769. The molecule has 5 nitrogen and oxygen atoms in total. The van der Waals surface area contributed by atoms with Crippen molar-refractivity contribution in [2.75, 3.05) is 26.2 Å². The summed E-state index contributed by atoms with van der Waals surface area (Å²) in [4.78, 5) is 5.63. The molecule has 1 atom stereocenters. The third-order valence-electron chi connectivity index (χ3n) is 4.09. The van der Waals surface area contributed by atoms with E-state index >= 15 is 0 Å². The number of piperidine rings is 1. The first-order chi connectivity index (χ1) is 9.57. The lowest BCUT2D eigenvalue weighted by atomic mass is 10.0. The number of hydrogen-bond donors (Lipinski definition) is 0. The Kier molecular flexibility index (Phi) is 4.12. The summed E-state index contributed by atoms with van der Waals surface area (Å²) in [6, 6.07) is 0. The second-order valence-electron chi connectivity index (χ2n) is 5.62. The van der Waals surface area contributed by atoms with Crippen LogP contribution in [0.3, 0.4) is 0 Å². The molecule has 0 N–H and O–H groups in total. The van der Waals surface area contributed by atoms with Crippen LogP contribution < -0.4 is 0 Å². The second kappa shape index (κ2) is 5.71. The van der Waals surface area contributed by atoms with Gasteiger partial charge in [0.1, 0.15) is 0 Å². The fourth-order valence-electron chi connectivity index (χ4n) is 3.00. The normalized spacial score (nSPS) is 26.1. The maximum absolute atomic E-state index is 12.6. The maximum atomic E-state index is 12.6. The van der Waals surface area contributed by atoms with Crippen LogP contribution in [0.4, 0.5) is 0 Å². The van der Waals surface area contributed by atoms with E-state index in [1.807, 2.05) is 13.1 Å². The average molecular weight is 315 g/mol. The predicted octanol–water partition coefficient (Wildman–Crippen LogP) is 1.97. The van der Waals surface area contributed by atoms with Crippen LogP contribution >= 0.6 is 11.3 Å². The second-order valence-corrected chi connectivity index (χ2v) is 8.82. The van der Waals surface area contributed by atoms with Gasteiger partial charge in [-0.25, -0.2) is 4.98 Å². The average Bonchev–Trinajstić information content (AvgIpc) is 3.10. The summed E-state index contributed by atoms with van der Waals surface area (Å²) in [5, 5.41) is 1.09. The van der Waals surface area contributed by atoms with Crippen LogP contribution in [0.2, 0.25) is 0 Å². The molecule has 0 aliphatic carbocycles. The van der Waals surface area contributed by atoms with Crippen LogP contribution in [0.1, 0.15) is 41.5 Å². The van der Waals surface area contributed by atoms with Crippen molar-refractivity contribution >= 4 is 21.5 Å². The zero-order valence-corrected chi connectivity index (χ0v) is 13.4. The van der Waals surface area contributed by atoms with Gasteiger partial charge >= 0.3 is 0 Å². The number of hydrogen-bond acceptors (Lipinski definition) is 4. The van der Waals surface area contributed by atoms with Gasteiger partial charge < -0.3 is 0 Å². The number of nitrogens with zero attached hydrogens (tertiary/aromatic N) is 3. The predicted molar refractivity (Wildman–Crippen MR) is 80.1 cm³/mol. The molecule has 0 spiro atoms. The highest BCUT2D eigenvalue weighted by atomic mass is 32.2. The number of aromatic nitrogens is 1. The summed E-state index contributed by atoms with van der Waals surface area (Å²) < 4.78 is 28.5. The Hall–Kier alpha value is -0.500. The van der Waals surface area contributed by atoms with E-state index in [0.29, 0.717) is 26.2 Å². The monoisotopic (exact) mass is 315 g/mol. The molecule has 0 aromatic carbocycles. The van der Waals surface area contributed by atoms with Crippen LogP contribution in [-0.4, -0.2) is 48.2 Å². The summed E-state index contributed by atoms with van der Waals surface area (Å²) in [6.45, 7) is 4.65. The van der Waals surface area contributed by atoms with E-state index in [2.05, 4.69) is 4.98 Å². The molecular weight excluding hydrogens is 294 g/mol. The molecule has 2 saturated heterocycles. The smallest absolute Gasteiger partial charge is 0.249 e. The van der Waals surface area contributed by atoms with Crippen LogP contribution in [0.25, 0.3) is 0 Å². The standard InChI is InChI=1S/C13H21N3O2S2/c1-11-9-14-13(19-11)12-5-4-8-16(10-12)20(17,18)15-6-2-3-7-15/h9,12H,2-8,10H2,1H3/t12-/m1/s1. The van der Waals surface area contributed by atoms with E-state index in [9.17, 15) is 8.42 Å². The van der Waals surface area contributed by atoms with Gasteiger partial charge in [0.15, 0.2) is 0 Å². The lowest BCUT2D eigenvalue weighted by Crippen LogP contribution is -2.46. The molecule has 1 aromatic heterocycles. The Balaban J connectivity index is 1.74. The van der Waals surface area contributed by atoms with Crippen molar-refractivity contribution in [3.8, 4) is 0 Å². The van der Waals surface area contributed by atoms with E-state index in [0.717, 1.165) is 30.7 Å². The zero-order valence-electron chi connectivity index (χ0n) is 11.8. The van der Waals surface area contributed by atoms with Crippen molar-refractivity contribution in [1.29, 1.82) is 0 Å². The van der Waals surface area contributed by atoms with Gasteiger partial charge in [-0.05, 0) is 32.6 Å². The molecule has 112 valence electrons. The van der Waals surface area contributed by atoms with Crippen molar-refractivity contribution in [1.82, 2.24) is 13.6 Å². The van der Waals surface area contributed by atoms with E-state index in [4.69, 9.17) is 0 Å². The first kappa shape index (κ1) is 14.4. The third-order valence-corrected chi connectivity index (χ3v) is 7.17. The van der Waals surface area contributed by atoms with Gasteiger partial charge in [0.05, 0.1) is 5.01 Å². The molecule has 7 heteroatoms. The molecule has 20 heavy (non-hydrogen) atoms. The molecule has 1 aromatic rings. The number of thiazole rings is 1. The minimum Gasteiger partial charge on any atom is -0.249 e. The van der Waals surface area contributed by atoms with Crippen molar-refractivity contribution in [3.05, 3.63) is 16.1 Å². The van der Waals surface area contributed by atoms with Gasteiger partial charge in [0.2, 0.25) is 0 Å². The first-order valence-electron chi connectivity index (χ1n) is 7.25. The molecule has 2 fully saturated rings. The van der Waals surface area contributed by atoms with Crippen LogP contribution in [-0.2, 0) is 10.2 Å². The molecule has 0 radical (unpaired) electrons. The lowest BCUT2D eigenvalue weighted by Gasteiger charge is -2.33. The molecule has 3 rings (SSSR count). The van der Waals surface area contributed by atoms with Crippen LogP contribution in [0.15, 0.2) is 6.20 Å². The van der Waals surface area contributed by atoms with Crippen LogP contribution in [0, 0.1) is 6.92 Å². The van der Waals surface area contributed by atoms with E-state index in [-0.39, 0.29) is 5.92 Å². The first-order valence-corrected chi connectivity index (χ1v) is 9.46. The zero-order chi connectivity index (χ0) is 14.2. The van der Waals surface area contributed by atoms with Gasteiger partial charge in [0, 0.05) is 43.2 Å². The molecule has 2 aliphatic heterocycles. The number of rotatable bonds is 3. The van der Waals surface area contributed by atoms with Crippen molar-refractivity contribution < 1.29 is 8.42 Å². The minimum atomic E-state index is -3.25. The summed E-state index contributed by atoms with van der Waals surface area (Å²) in [7, 11) is -3.25. The molecule has 0 saturated carbocycles. The summed E-state index contributed by atoms with van der Waals surface area (Å²) in [5.74, 6) is 0.264. The highest BCUT2D eigenvalue weighted by Gasteiger charge is 2.35. The van der Waals surface area contributed by atoms with Crippen molar-refractivity contribution in [3.63, 3.8) is 0 Å². The van der Waals surface area contributed by atoms with Crippen molar-refractivity contribution in [2.24, 2.45) is 0 Å². The molecule has 0 bridgehead atoms. The number of aryl methyl sites for hydroxylation is 1. The molecule has 0 unspecified atom stereocenters. The Morgan fingerprint density at radius 1 is 1.20 bits per heavy atom. The lowest BCUT2D eigenvalue weighted by molar-refractivity contribution is 0.292. The largest absolute Gasteiger partial charge is 0.281 e. The van der Waals surface area contributed by atoms with E-state index in [1.54, 1.807) is 19.9 Å². The fourth-order valence-corrected chi connectivity index (χ4v) is 5.67. The highest BCUT2D eigenvalue weighted by Crippen LogP contribution is 2.32. The van der Waals surface area contributed by atoms with Gasteiger partial charge in [-0.1, -0.05) is 0 Å². The Labute approximate surface area is 124 Å². The van der Waals surface area contributed by atoms with Gasteiger partial charge in [0.25, 0.3) is 10.2 Å². The SMILES string of the molecule is Cc1cnc([C@@H]2CCCN(S(=O)(=O)N3CCCC3)C2)s1. The Bertz CT molecular complexity index is 564. The molecule has 0 amide bonds. The quantitative estimate of drug-likeness (QED) is 0.857. The molecule has 2 aliphatic rings. The minimum absolute atomic E-state index is 0.264.